The average molecular weight is 457 g/mol. The fraction of sp³-hybridized carbons (Fsp3) is 0.276. The van der Waals surface area contributed by atoms with Gasteiger partial charge in [0.15, 0.2) is 5.60 Å². The van der Waals surface area contributed by atoms with Gasteiger partial charge in [-0.05, 0) is 55.3 Å². The smallest absolute Gasteiger partial charge is 0.162 e. The summed E-state index contributed by atoms with van der Waals surface area (Å²) in [6, 6.07) is 30.6. The van der Waals surface area contributed by atoms with Gasteiger partial charge < -0.3 is 19.1 Å². The summed E-state index contributed by atoms with van der Waals surface area (Å²) >= 11 is 0. The minimum atomic E-state index is -0.685. The fourth-order valence-corrected chi connectivity index (χ4v) is 4.08. The average Bonchev–Trinajstić information content (AvgIpc) is 2.91. The van der Waals surface area contributed by atoms with E-state index in [1.54, 1.807) is 13.3 Å². The van der Waals surface area contributed by atoms with Gasteiger partial charge in [-0.15, -0.1) is 0 Å². The van der Waals surface area contributed by atoms with Gasteiger partial charge in [0.05, 0.1) is 26.8 Å². The molecule has 1 unspecified atom stereocenters. The molecule has 0 amide bonds. The molecule has 0 saturated heterocycles. The van der Waals surface area contributed by atoms with Crippen molar-refractivity contribution in [2.45, 2.75) is 18.4 Å². The van der Waals surface area contributed by atoms with Crippen LogP contribution in [0.15, 0.2) is 108 Å². The van der Waals surface area contributed by atoms with E-state index in [1.807, 2.05) is 48.5 Å². The lowest BCUT2D eigenvalue weighted by atomic mass is 9.96. The first kappa shape index (κ1) is 23.6. The fourth-order valence-electron chi connectivity index (χ4n) is 4.08. The molecule has 0 spiro atoms. The van der Waals surface area contributed by atoms with E-state index in [0.717, 1.165) is 35.7 Å². The van der Waals surface area contributed by atoms with Crippen molar-refractivity contribution in [2.24, 2.45) is 4.99 Å². The Morgan fingerprint density at radius 3 is 2.00 bits per heavy atom. The maximum absolute atomic E-state index is 6.60. The van der Waals surface area contributed by atoms with E-state index in [2.05, 4.69) is 58.4 Å². The van der Waals surface area contributed by atoms with Gasteiger partial charge in [0.25, 0.3) is 0 Å². The minimum absolute atomic E-state index is 0.503. The van der Waals surface area contributed by atoms with Crippen molar-refractivity contribution in [3.63, 3.8) is 0 Å². The lowest BCUT2D eigenvalue weighted by Crippen LogP contribution is -2.49. The Morgan fingerprint density at radius 2 is 1.38 bits per heavy atom. The quantitative estimate of drug-likeness (QED) is 0.311. The summed E-state index contributed by atoms with van der Waals surface area (Å²) in [6.45, 7) is 2.33. The SMILES string of the molecule is COC1=CC=NCC1(CN(c1ccccc1)c1ccccc1)OCCCCOc1ccccc1. The van der Waals surface area contributed by atoms with Crippen LogP contribution in [0.25, 0.3) is 0 Å². The summed E-state index contributed by atoms with van der Waals surface area (Å²) in [5, 5.41) is 0. The molecule has 0 fully saturated rings. The summed E-state index contributed by atoms with van der Waals surface area (Å²) in [6.07, 6.45) is 5.49. The van der Waals surface area contributed by atoms with E-state index in [1.165, 1.54) is 0 Å². The van der Waals surface area contributed by atoms with Crippen LogP contribution < -0.4 is 9.64 Å². The highest BCUT2D eigenvalue weighted by atomic mass is 16.5. The molecule has 0 aromatic heterocycles. The number of allylic oxidation sites excluding steroid dienone is 1. The number of ether oxygens (including phenoxy) is 3. The predicted molar refractivity (Wildman–Crippen MR) is 138 cm³/mol. The third kappa shape index (κ3) is 6.06. The molecule has 3 aromatic carbocycles. The lowest BCUT2D eigenvalue weighted by Gasteiger charge is -2.40. The van der Waals surface area contributed by atoms with Crippen LogP contribution in [0.4, 0.5) is 11.4 Å². The first-order chi connectivity index (χ1) is 16.8. The molecule has 1 aliphatic heterocycles. The maximum atomic E-state index is 6.60. The third-order valence-corrected chi connectivity index (χ3v) is 5.83. The van der Waals surface area contributed by atoms with Crippen LogP contribution >= 0.6 is 0 Å². The van der Waals surface area contributed by atoms with E-state index in [0.29, 0.717) is 26.3 Å². The number of hydrogen-bond donors (Lipinski definition) is 0. The molecule has 1 heterocycles. The summed E-state index contributed by atoms with van der Waals surface area (Å²) in [5.74, 6) is 1.69. The van der Waals surface area contributed by atoms with Gasteiger partial charge in [-0.3, -0.25) is 4.99 Å². The molecule has 5 nitrogen and oxygen atoms in total. The molecule has 0 radical (unpaired) electrons. The van der Waals surface area contributed by atoms with E-state index in [9.17, 15) is 0 Å². The number of aliphatic imine (C=N–C) groups is 1. The molecule has 0 bridgehead atoms. The Bertz CT molecular complexity index is 1020. The van der Waals surface area contributed by atoms with Crippen LogP contribution in [-0.4, -0.2) is 45.2 Å². The van der Waals surface area contributed by atoms with Crippen LogP contribution in [0.1, 0.15) is 12.8 Å². The summed E-state index contributed by atoms with van der Waals surface area (Å²) in [4.78, 5) is 6.84. The topological polar surface area (TPSA) is 43.3 Å². The zero-order chi connectivity index (χ0) is 23.5. The number of unbranched alkanes of at least 4 members (excludes halogenated alkanes) is 1. The van der Waals surface area contributed by atoms with Gasteiger partial charge in [0.2, 0.25) is 0 Å². The summed E-state index contributed by atoms with van der Waals surface area (Å²) in [5.41, 5.74) is 1.51. The molecule has 0 aliphatic carbocycles. The monoisotopic (exact) mass is 456 g/mol. The van der Waals surface area contributed by atoms with Crippen LogP contribution in [0.5, 0.6) is 5.75 Å². The van der Waals surface area contributed by atoms with Crippen molar-refractivity contribution in [3.8, 4) is 5.75 Å². The van der Waals surface area contributed by atoms with Gasteiger partial charge in [-0.25, -0.2) is 0 Å². The number of anilines is 2. The molecule has 4 rings (SSSR count). The van der Waals surface area contributed by atoms with Gasteiger partial charge >= 0.3 is 0 Å². The maximum Gasteiger partial charge on any atom is 0.162 e. The van der Waals surface area contributed by atoms with Gasteiger partial charge in [0, 0.05) is 24.2 Å². The van der Waals surface area contributed by atoms with Crippen molar-refractivity contribution in [1.82, 2.24) is 0 Å². The summed E-state index contributed by atoms with van der Waals surface area (Å²) < 4.78 is 18.2. The van der Waals surface area contributed by atoms with E-state index in [-0.39, 0.29) is 0 Å². The molecule has 1 aliphatic rings. The highest BCUT2D eigenvalue weighted by Gasteiger charge is 2.40. The molecule has 0 N–H and O–H groups in total. The number of hydrogen-bond acceptors (Lipinski definition) is 5. The number of rotatable bonds is 12. The van der Waals surface area contributed by atoms with Gasteiger partial charge in [-0.2, -0.15) is 0 Å². The van der Waals surface area contributed by atoms with E-state index < -0.39 is 5.60 Å². The molecule has 5 heteroatoms. The van der Waals surface area contributed by atoms with Gasteiger partial charge in [-0.1, -0.05) is 54.6 Å². The second kappa shape index (κ2) is 12.1. The Hall–Kier alpha value is -3.57. The zero-order valence-electron chi connectivity index (χ0n) is 19.7. The Morgan fingerprint density at radius 1 is 0.794 bits per heavy atom. The normalized spacial score (nSPS) is 17.1. The van der Waals surface area contributed by atoms with Gasteiger partial charge in [0.1, 0.15) is 11.5 Å². The van der Waals surface area contributed by atoms with Crippen molar-refractivity contribution in [2.75, 3.05) is 38.3 Å². The largest absolute Gasteiger partial charge is 0.498 e. The van der Waals surface area contributed by atoms with Crippen molar-refractivity contribution in [3.05, 3.63) is 103 Å². The standard InChI is InChI=1S/C29H32N2O3/c1-32-28-19-20-30-23-29(28,34-22-12-11-21-33-27-17-9-4-10-18-27)24-31(25-13-5-2-6-14-25)26-15-7-3-8-16-26/h2-10,13-20H,11-12,21-24H2,1H3. The van der Waals surface area contributed by atoms with Crippen LogP contribution in [-0.2, 0) is 9.47 Å². The first-order valence-corrected chi connectivity index (χ1v) is 11.7. The van der Waals surface area contributed by atoms with Crippen molar-refractivity contribution < 1.29 is 14.2 Å². The molecular weight excluding hydrogens is 424 g/mol. The predicted octanol–water partition coefficient (Wildman–Crippen LogP) is 6.05. The zero-order valence-corrected chi connectivity index (χ0v) is 19.7. The number of dihydropyridines is 1. The molecule has 34 heavy (non-hydrogen) atoms. The number of methoxy groups -OCH3 is 1. The molecular formula is C29H32N2O3. The number of para-hydroxylation sites is 3. The second-order valence-electron chi connectivity index (χ2n) is 8.19. The van der Waals surface area contributed by atoms with Crippen LogP contribution in [0, 0.1) is 0 Å². The minimum Gasteiger partial charge on any atom is -0.498 e. The summed E-state index contributed by atoms with van der Waals surface area (Å²) in [7, 11) is 1.70. The highest BCUT2D eigenvalue weighted by Crippen LogP contribution is 2.33. The number of nitrogens with zero attached hydrogens (tertiary/aromatic N) is 2. The van der Waals surface area contributed by atoms with E-state index in [4.69, 9.17) is 14.2 Å². The molecule has 0 saturated carbocycles. The second-order valence-corrected chi connectivity index (χ2v) is 8.19. The molecule has 176 valence electrons. The van der Waals surface area contributed by atoms with Crippen molar-refractivity contribution in [1.29, 1.82) is 0 Å². The van der Waals surface area contributed by atoms with E-state index >= 15 is 0 Å². The Kier molecular flexibility index (Phi) is 8.36. The lowest BCUT2D eigenvalue weighted by molar-refractivity contribution is -0.0399. The van der Waals surface area contributed by atoms with Crippen LogP contribution in [0.2, 0.25) is 0 Å². The highest BCUT2D eigenvalue weighted by molar-refractivity contribution is 5.74. The molecule has 3 aromatic rings. The van der Waals surface area contributed by atoms with Crippen molar-refractivity contribution >= 4 is 17.6 Å². The number of benzene rings is 3. The third-order valence-electron chi connectivity index (χ3n) is 5.83. The Labute approximate surface area is 202 Å². The van der Waals surface area contributed by atoms with Crippen LogP contribution in [0.3, 0.4) is 0 Å². The molecule has 1 atom stereocenters. The first-order valence-electron chi connectivity index (χ1n) is 11.7. The Balaban J connectivity index is 1.46.